The van der Waals surface area contributed by atoms with E-state index < -0.39 is 0 Å². The third kappa shape index (κ3) is 7.07. The van der Waals surface area contributed by atoms with Crippen LogP contribution in [0.5, 0.6) is 0 Å². The molecular formula is C17H35N3O2. The molecule has 1 saturated heterocycles. The maximum atomic E-state index is 12.0. The Morgan fingerprint density at radius 1 is 1.18 bits per heavy atom. The van der Waals surface area contributed by atoms with Gasteiger partial charge in [-0.05, 0) is 47.1 Å². The van der Waals surface area contributed by atoms with Crippen LogP contribution >= 0.6 is 0 Å². The van der Waals surface area contributed by atoms with Crippen LogP contribution in [0, 0.1) is 0 Å². The largest absolute Gasteiger partial charge is 0.373 e. The van der Waals surface area contributed by atoms with E-state index in [1.165, 1.54) is 0 Å². The summed E-state index contributed by atoms with van der Waals surface area (Å²) in [7, 11) is 0. The van der Waals surface area contributed by atoms with Crippen molar-refractivity contribution in [3.8, 4) is 0 Å². The van der Waals surface area contributed by atoms with Gasteiger partial charge in [0.25, 0.3) is 0 Å². The molecule has 0 bridgehead atoms. The van der Waals surface area contributed by atoms with Gasteiger partial charge in [-0.2, -0.15) is 0 Å². The molecule has 1 heterocycles. The van der Waals surface area contributed by atoms with E-state index in [0.717, 1.165) is 45.3 Å². The fourth-order valence-corrected chi connectivity index (χ4v) is 2.97. The summed E-state index contributed by atoms with van der Waals surface area (Å²) in [5, 5.41) is 3.09. The number of unbranched alkanes of at least 4 members (excludes halogenated alkanes) is 3. The molecule has 0 aromatic rings. The molecule has 130 valence electrons. The van der Waals surface area contributed by atoms with Crippen LogP contribution in [-0.2, 0) is 9.53 Å². The summed E-state index contributed by atoms with van der Waals surface area (Å²) < 4.78 is 5.78. The number of nitrogens with one attached hydrogen (secondary N) is 1. The zero-order valence-corrected chi connectivity index (χ0v) is 14.9. The summed E-state index contributed by atoms with van der Waals surface area (Å²) in [5.41, 5.74) is 5.42. The van der Waals surface area contributed by atoms with Gasteiger partial charge in [0.1, 0.15) is 0 Å². The van der Waals surface area contributed by atoms with Crippen LogP contribution in [0.3, 0.4) is 0 Å². The molecule has 2 unspecified atom stereocenters. The standard InChI is InChI=1S/C17H35N3O2/c1-14-11-20(12-15(2)22-14)17(3,4)13-19-16(21)9-7-5-6-8-10-18/h14-15H,5-13,18H2,1-4H3,(H,19,21). The Morgan fingerprint density at radius 3 is 2.36 bits per heavy atom. The normalized spacial score (nSPS) is 23.5. The minimum Gasteiger partial charge on any atom is -0.373 e. The van der Waals surface area contributed by atoms with E-state index in [9.17, 15) is 4.79 Å². The number of nitrogens with zero attached hydrogens (tertiary/aromatic N) is 1. The van der Waals surface area contributed by atoms with E-state index in [-0.39, 0.29) is 23.7 Å². The van der Waals surface area contributed by atoms with E-state index in [1.807, 2.05) is 0 Å². The van der Waals surface area contributed by atoms with Gasteiger partial charge in [-0.25, -0.2) is 0 Å². The summed E-state index contributed by atoms with van der Waals surface area (Å²) in [6, 6.07) is 0. The van der Waals surface area contributed by atoms with Gasteiger partial charge in [0, 0.05) is 31.6 Å². The van der Waals surface area contributed by atoms with E-state index in [4.69, 9.17) is 10.5 Å². The van der Waals surface area contributed by atoms with Crippen molar-refractivity contribution < 1.29 is 9.53 Å². The van der Waals surface area contributed by atoms with E-state index in [0.29, 0.717) is 13.0 Å². The highest BCUT2D eigenvalue weighted by atomic mass is 16.5. The minimum absolute atomic E-state index is 0.0402. The maximum Gasteiger partial charge on any atom is 0.220 e. The molecule has 0 aromatic carbocycles. The highest BCUT2D eigenvalue weighted by Crippen LogP contribution is 2.20. The Labute approximate surface area is 135 Å². The number of nitrogens with two attached hydrogens (primary N) is 1. The quantitative estimate of drug-likeness (QED) is 0.638. The molecule has 5 heteroatoms. The molecule has 2 atom stereocenters. The van der Waals surface area contributed by atoms with Crippen LogP contribution < -0.4 is 11.1 Å². The number of hydrogen-bond acceptors (Lipinski definition) is 4. The van der Waals surface area contributed by atoms with E-state index >= 15 is 0 Å². The molecule has 22 heavy (non-hydrogen) atoms. The molecule has 0 saturated carbocycles. The predicted octanol–water partition coefficient (Wildman–Crippen LogP) is 1.90. The van der Waals surface area contributed by atoms with Crippen molar-refractivity contribution in [3.05, 3.63) is 0 Å². The molecular weight excluding hydrogens is 278 g/mol. The Kier molecular flexibility index (Phi) is 8.36. The first-order valence-corrected chi connectivity index (χ1v) is 8.72. The molecule has 0 aromatic heterocycles. The van der Waals surface area contributed by atoms with E-state index in [1.54, 1.807) is 0 Å². The maximum absolute atomic E-state index is 12.0. The number of morpholine rings is 1. The van der Waals surface area contributed by atoms with Gasteiger partial charge in [-0.3, -0.25) is 9.69 Å². The molecule has 3 N–H and O–H groups in total. The van der Waals surface area contributed by atoms with Crippen molar-refractivity contribution in [2.24, 2.45) is 5.73 Å². The lowest BCUT2D eigenvalue weighted by Crippen LogP contribution is -2.58. The Balaban J connectivity index is 2.27. The van der Waals surface area contributed by atoms with Gasteiger partial charge in [0.15, 0.2) is 0 Å². The molecule has 1 aliphatic rings. The first-order valence-electron chi connectivity index (χ1n) is 8.72. The topological polar surface area (TPSA) is 67.6 Å². The Bertz CT molecular complexity index is 324. The number of ether oxygens (including phenoxy) is 1. The second kappa shape index (κ2) is 9.48. The smallest absolute Gasteiger partial charge is 0.220 e. The van der Waals surface area contributed by atoms with Crippen molar-refractivity contribution >= 4 is 5.91 Å². The third-order valence-electron chi connectivity index (χ3n) is 4.35. The third-order valence-corrected chi connectivity index (χ3v) is 4.35. The van der Waals surface area contributed by atoms with Gasteiger partial charge in [-0.1, -0.05) is 12.8 Å². The van der Waals surface area contributed by atoms with Crippen LogP contribution in [0.25, 0.3) is 0 Å². The van der Waals surface area contributed by atoms with Crippen LogP contribution in [-0.4, -0.2) is 54.7 Å². The average Bonchev–Trinajstić information content (AvgIpc) is 2.44. The number of amides is 1. The van der Waals surface area contributed by atoms with Crippen LogP contribution in [0.15, 0.2) is 0 Å². The highest BCUT2D eigenvalue weighted by molar-refractivity contribution is 5.75. The van der Waals surface area contributed by atoms with Gasteiger partial charge in [0.05, 0.1) is 12.2 Å². The number of carbonyl (C=O) groups excluding carboxylic acids is 1. The van der Waals surface area contributed by atoms with Gasteiger partial charge in [-0.15, -0.1) is 0 Å². The fourth-order valence-electron chi connectivity index (χ4n) is 2.97. The van der Waals surface area contributed by atoms with Crippen molar-refractivity contribution in [1.29, 1.82) is 0 Å². The van der Waals surface area contributed by atoms with E-state index in [2.05, 4.69) is 37.9 Å². The fraction of sp³-hybridized carbons (Fsp3) is 0.941. The second-order valence-electron chi connectivity index (χ2n) is 7.20. The number of carbonyl (C=O) groups is 1. The summed E-state index contributed by atoms with van der Waals surface area (Å²) in [6.45, 7) is 11.9. The van der Waals surface area contributed by atoms with Gasteiger partial charge in [0.2, 0.25) is 5.91 Å². The number of hydrogen-bond donors (Lipinski definition) is 2. The molecule has 1 amide bonds. The zero-order valence-electron chi connectivity index (χ0n) is 14.9. The van der Waals surface area contributed by atoms with Crippen molar-refractivity contribution in [2.75, 3.05) is 26.2 Å². The average molecular weight is 313 g/mol. The molecule has 5 nitrogen and oxygen atoms in total. The number of rotatable bonds is 9. The van der Waals surface area contributed by atoms with Crippen molar-refractivity contribution in [3.63, 3.8) is 0 Å². The lowest BCUT2D eigenvalue weighted by Gasteiger charge is -2.45. The van der Waals surface area contributed by atoms with Crippen LogP contribution in [0.4, 0.5) is 0 Å². The summed E-state index contributed by atoms with van der Waals surface area (Å²) in [5.74, 6) is 0.162. The lowest BCUT2D eigenvalue weighted by molar-refractivity contribution is -0.123. The Morgan fingerprint density at radius 2 is 1.77 bits per heavy atom. The molecule has 1 aliphatic heterocycles. The monoisotopic (exact) mass is 313 g/mol. The molecule has 0 radical (unpaired) electrons. The summed E-state index contributed by atoms with van der Waals surface area (Å²) >= 11 is 0. The molecule has 1 fully saturated rings. The van der Waals surface area contributed by atoms with Crippen molar-refractivity contribution in [2.45, 2.75) is 77.5 Å². The van der Waals surface area contributed by atoms with Crippen LogP contribution in [0.2, 0.25) is 0 Å². The molecule has 0 aliphatic carbocycles. The Hall–Kier alpha value is -0.650. The van der Waals surface area contributed by atoms with Gasteiger partial charge >= 0.3 is 0 Å². The molecule has 0 spiro atoms. The predicted molar refractivity (Wildman–Crippen MR) is 90.8 cm³/mol. The summed E-state index contributed by atoms with van der Waals surface area (Å²) in [4.78, 5) is 14.4. The first-order chi connectivity index (χ1) is 10.3. The SMILES string of the molecule is CC1CN(C(C)(C)CNC(=O)CCCCCCN)CC(C)O1. The lowest BCUT2D eigenvalue weighted by atomic mass is 10.00. The van der Waals surface area contributed by atoms with Crippen LogP contribution in [0.1, 0.15) is 59.8 Å². The van der Waals surface area contributed by atoms with Crippen molar-refractivity contribution in [1.82, 2.24) is 10.2 Å². The molecule has 1 rings (SSSR count). The first kappa shape index (κ1) is 19.4. The van der Waals surface area contributed by atoms with Gasteiger partial charge < -0.3 is 15.8 Å². The minimum atomic E-state index is -0.0402. The zero-order chi connectivity index (χ0) is 16.6. The summed E-state index contributed by atoms with van der Waals surface area (Å²) in [6.07, 6.45) is 5.35. The second-order valence-corrected chi connectivity index (χ2v) is 7.20. The highest BCUT2D eigenvalue weighted by Gasteiger charge is 2.33.